The number of esters is 1. The first kappa shape index (κ1) is 32.9. The molecule has 0 N–H and O–H groups in total. The van der Waals surface area contributed by atoms with Gasteiger partial charge in [0.2, 0.25) is 6.79 Å². The average Bonchev–Trinajstić information content (AvgIpc) is 3.74. The van der Waals surface area contributed by atoms with E-state index in [4.69, 9.17) is 33.9 Å². The number of hydrogen-bond acceptors (Lipinski definition) is 10. The van der Waals surface area contributed by atoms with Crippen molar-refractivity contribution in [3.05, 3.63) is 142 Å². The molecule has 2 aliphatic heterocycles. The summed E-state index contributed by atoms with van der Waals surface area (Å²) in [6.45, 7) is 2.22. The van der Waals surface area contributed by atoms with Gasteiger partial charge in [0.15, 0.2) is 27.8 Å². The first-order valence-electron chi connectivity index (χ1n) is 15.6. The Labute approximate surface area is 298 Å². The summed E-state index contributed by atoms with van der Waals surface area (Å²) in [5.74, 6) is 1.47. The van der Waals surface area contributed by atoms with Gasteiger partial charge < -0.3 is 23.7 Å². The third-order valence-corrected chi connectivity index (χ3v) is 9.67. The normalized spacial score (nSPS) is 14.8. The molecule has 0 bridgehead atoms. The second-order valence-electron chi connectivity index (χ2n) is 11.2. The minimum absolute atomic E-state index is 0.0790. The number of nitrogens with zero attached hydrogens (tertiary/aromatic N) is 3. The minimum Gasteiger partial charge on any atom is -0.493 e. The van der Waals surface area contributed by atoms with E-state index in [0.717, 1.165) is 5.56 Å². The Morgan fingerprint density at radius 1 is 1.08 bits per heavy atom. The molecule has 7 rings (SSSR count). The molecule has 5 aromatic rings. The van der Waals surface area contributed by atoms with Gasteiger partial charge in [0.1, 0.15) is 6.61 Å². The van der Waals surface area contributed by atoms with E-state index in [2.05, 4.69) is 22.0 Å². The molecule has 12 heteroatoms. The Bertz CT molecular complexity index is 2380. The van der Waals surface area contributed by atoms with Crippen LogP contribution < -0.4 is 33.8 Å². The fraction of sp³-hybridized carbons (Fsp3) is 0.158. The molecule has 3 heterocycles. The number of halogens is 1. The number of fused-ring (bicyclic) bond motifs is 2. The average molecular weight is 751 g/mol. The number of aromatic nitrogens is 1. The van der Waals surface area contributed by atoms with Crippen LogP contribution in [-0.2, 0) is 16.1 Å². The molecule has 0 saturated heterocycles. The highest BCUT2D eigenvalue weighted by molar-refractivity contribution is 9.10. The summed E-state index contributed by atoms with van der Waals surface area (Å²) in [5, 5.41) is 9.08. The van der Waals surface area contributed by atoms with Gasteiger partial charge in [0, 0.05) is 5.56 Å². The predicted molar refractivity (Wildman–Crippen MR) is 190 cm³/mol. The molecule has 250 valence electrons. The van der Waals surface area contributed by atoms with Crippen molar-refractivity contribution >= 4 is 45.0 Å². The van der Waals surface area contributed by atoms with Crippen LogP contribution in [0.5, 0.6) is 23.0 Å². The van der Waals surface area contributed by atoms with Crippen molar-refractivity contribution in [3.8, 4) is 29.1 Å². The molecule has 2 aliphatic rings. The molecule has 0 unspecified atom stereocenters. The maximum atomic E-state index is 14.4. The molecule has 0 aliphatic carbocycles. The smallest absolute Gasteiger partial charge is 0.338 e. The van der Waals surface area contributed by atoms with E-state index in [9.17, 15) is 9.59 Å². The fourth-order valence-electron chi connectivity index (χ4n) is 5.78. The molecule has 1 atom stereocenters. The Kier molecular flexibility index (Phi) is 9.25. The number of carbonyl (C=O) groups excluding carboxylic acids is 1. The summed E-state index contributed by atoms with van der Waals surface area (Å²) in [4.78, 5) is 33.5. The number of carbonyl (C=O) groups is 1. The number of methoxy groups -OCH3 is 1. The zero-order valence-electron chi connectivity index (χ0n) is 26.8. The number of benzene rings is 4. The topological polar surface area (TPSA) is 121 Å². The van der Waals surface area contributed by atoms with Crippen LogP contribution in [-0.4, -0.2) is 31.0 Å². The summed E-state index contributed by atoms with van der Waals surface area (Å²) < 4.78 is 31.1. The van der Waals surface area contributed by atoms with Gasteiger partial charge in [-0.15, -0.1) is 0 Å². The van der Waals surface area contributed by atoms with Crippen molar-refractivity contribution in [1.29, 1.82) is 5.26 Å². The molecule has 0 fully saturated rings. The van der Waals surface area contributed by atoms with Crippen molar-refractivity contribution in [2.24, 2.45) is 4.99 Å². The van der Waals surface area contributed by atoms with Crippen molar-refractivity contribution in [2.45, 2.75) is 19.6 Å². The summed E-state index contributed by atoms with van der Waals surface area (Å²) in [7, 11) is 1.54. The summed E-state index contributed by atoms with van der Waals surface area (Å²) >= 11 is 4.83. The predicted octanol–water partition coefficient (Wildman–Crippen LogP) is 5.89. The van der Waals surface area contributed by atoms with Crippen LogP contribution in [0.15, 0.2) is 105 Å². The van der Waals surface area contributed by atoms with E-state index in [-0.39, 0.29) is 31.1 Å². The summed E-state index contributed by atoms with van der Waals surface area (Å²) in [5.41, 5.74) is 3.82. The number of rotatable bonds is 9. The lowest BCUT2D eigenvalue weighted by molar-refractivity contribution is -0.138. The maximum Gasteiger partial charge on any atom is 0.338 e. The summed E-state index contributed by atoms with van der Waals surface area (Å²) in [6.07, 6.45) is 1.76. The zero-order valence-corrected chi connectivity index (χ0v) is 29.2. The van der Waals surface area contributed by atoms with Gasteiger partial charge in [0.25, 0.3) is 5.56 Å². The lowest BCUT2D eigenvalue weighted by Gasteiger charge is -2.26. The minimum atomic E-state index is -0.864. The van der Waals surface area contributed by atoms with Crippen LogP contribution in [0, 0.1) is 11.3 Å². The van der Waals surface area contributed by atoms with Gasteiger partial charge in [-0.25, -0.2) is 9.79 Å². The Morgan fingerprint density at radius 2 is 1.86 bits per heavy atom. The van der Waals surface area contributed by atoms with Crippen LogP contribution >= 0.6 is 27.3 Å². The number of nitriles is 1. The molecule has 1 aromatic heterocycles. The first-order valence-corrected chi connectivity index (χ1v) is 17.2. The third kappa shape index (κ3) is 6.29. The van der Waals surface area contributed by atoms with Crippen LogP contribution in [0.4, 0.5) is 0 Å². The molecular weight excluding hydrogens is 722 g/mol. The number of hydrogen-bond donors (Lipinski definition) is 0. The molecule has 50 heavy (non-hydrogen) atoms. The lowest BCUT2D eigenvalue weighted by Crippen LogP contribution is -2.40. The first-order chi connectivity index (χ1) is 24.4. The lowest BCUT2D eigenvalue weighted by atomic mass is 9.93. The quantitative estimate of drug-likeness (QED) is 0.171. The Balaban J connectivity index is 1.35. The monoisotopic (exact) mass is 749 g/mol. The zero-order chi connectivity index (χ0) is 34.8. The van der Waals surface area contributed by atoms with Crippen LogP contribution in [0.1, 0.15) is 40.8 Å². The highest BCUT2D eigenvalue weighted by Crippen LogP contribution is 2.40. The van der Waals surface area contributed by atoms with Gasteiger partial charge in [-0.1, -0.05) is 59.9 Å². The van der Waals surface area contributed by atoms with Crippen molar-refractivity contribution in [3.63, 3.8) is 0 Å². The van der Waals surface area contributed by atoms with Gasteiger partial charge in [-0.05, 0) is 82.0 Å². The van der Waals surface area contributed by atoms with E-state index >= 15 is 0 Å². The van der Waals surface area contributed by atoms with Crippen molar-refractivity contribution in [1.82, 2.24) is 4.57 Å². The Hall–Kier alpha value is -5.64. The fourth-order valence-corrected chi connectivity index (χ4v) is 7.36. The molecular formula is C38H28BrN3O7S. The largest absolute Gasteiger partial charge is 0.493 e. The van der Waals surface area contributed by atoms with E-state index in [0.29, 0.717) is 64.8 Å². The molecule has 0 spiro atoms. The van der Waals surface area contributed by atoms with Gasteiger partial charge in [-0.2, -0.15) is 5.26 Å². The van der Waals surface area contributed by atoms with Gasteiger partial charge >= 0.3 is 5.97 Å². The number of ether oxygens (including phenoxy) is 5. The molecule has 0 amide bonds. The van der Waals surface area contributed by atoms with Crippen molar-refractivity contribution in [2.75, 3.05) is 20.5 Å². The molecule has 0 radical (unpaired) electrons. The van der Waals surface area contributed by atoms with Crippen LogP contribution in [0.2, 0.25) is 0 Å². The standard InChI is InChI=1S/C38H28BrN3O7S/c1-3-46-37(44)32-33(25-7-5-4-6-8-25)41-38-42(34(32)26-13-14-28-29(18-26)49-21-48-28)36(43)31(50-38)17-24-15-27(39)35(30(16-24)45-2)47-20-23-11-9-22(19-40)10-12-23/h4-18,34H,3,20-21H2,1-2H3/b31-17+/t34-/m0/s1. The number of thiazole rings is 1. The highest BCUT2D eigenvalue weighted by Gasteiger charge is 2.36. The van der Waals surface area contributed by atoms with Gasteiger partial charge in [-0.3, -0.25) is 9.36 Å². The van der Waals surface area contributed by atoms with E-state index in [1.54, 1.807) is 50.4 Å². The highest BCUT2D eigenvalue weighted by atomic mass is 79.9. The van der Waals surface area contributed by atoms with E-state index < -0.39 is 12.0 Å². The van der Waals surface area contributed by atoms with Crippen LogP contribution in [0.25, 0.3) is 11.8 Å². The van der Waals surface area contributed by atoms with E-state index in [1.165, 1.54) is 15.9 Å². The summed E-state index contributed by atoms with van der Waals surface area (Å²) in [6, 6.07) is 26.8. The third-order valence-electron chi connectivity index (χ3n) is 8.10. The SMILES string of the molecule is CCOC(=O)C1=C(c2ccccc2)N=c2s/c(=C/c3cc(Br)c(OCc4ccc(C#N)cc4)c(OC)c3)c(=O)n2[C@H]1c1ccc2c(c1)OCO2. The van der Waals surface area contributed by atoms with Crippen molar-refractivity contribution < 1.29 is 28.5 Å². The maximum absolute atomic E-state index is 14.4. The molecule has 0 saturated carbocycles. The van der Waals surface area contributed by atoms with Crippen LogP contribution in [0.3, 0.4) is 0 Å². The molecule has 10 nitrogen and oxygen atoms in total. The van der Waals surface area contributed by atoms with Gasteiger partial charge in [0.05, 0.1) is 51.7 Å². The molecule has 4 aromatic carbocycles. The second kappa shape index (κ2) is 14.1. The van der Waals surface area contributed by atoms with E-state index in [1.807, 2.05) is 54.6 Å². The second-order valence-corrected chi connectivity index (χ2v) is 13.0. The Morgan fingerprint density at radius 3 is 2.60 bits per heavy atom.